The Labute approximate surface area is 186 Å². The fourth-order valence-corrected chi connectivity index (χ4v) is 3.76. The first-order valence-electron chi connectivity index (χ1n) is 9.86. The van der Waals surface area contributed by atoms with Gasteiger partial charge in [-0.3, -0.25) is 4.79 Å². The van der Waals surface area contributed by atoms with Crippen molar-refractivity contribution in [3.8, 4) is 28.7 Å². The van der Waals surface area contributed by atoms with Crippen molar-refractivity contribution in [2.75, 3.05) is 6.61 Å². The van der Waals surface area contributed by atoms with Crippen molar-refractivity contribution in [2.24, 2.45) is 0 Å². The first-order chi connectivity index (χ1) is 15.6. The summed E-state index contributed by atoms with van der Waals surface area (Å²) in [4.78, 5) is 13.1. The topological polar surface area (TPSA) is 207 Å². The van der Waals surface area contributed by atoms with Gasteiger partial charge in [0.15, 0.2) is 35.1 Å². The second-order valence-corrected chi connectivity index (χ2v) is 7.77. The molecule has 0 bridgehead atoms. The number of ketones is 1. The first kappa shape index (κ1) is 23.0. The third kappa shape index (κ3) is 4.15. The molecule has 2 aromatic rings. The Morgan fingerprint density at radius 1 is 0.818 bits per heavy atom. The Hall–Kier alpha value is -3.13. The number of hydrogen-bond donors (Lipinski definition) is 8. The molecule has 12 nitrogen and oxygen atoms in total. The molecular formula is C21H22O12. The lowest BCUT2D eigenvalue weighted by atomic mass is 9.87. The number of Topliss-reactive ketones (excluding diaryl/α,β-unsaturated/α-hetero) is 1. The van der Waals surface area contributed by atoms with Gasteiger partial charge in [-0.25, -0.2) is 0 Å². The predicted molar refractivity (Wildman–Crippen MR) is 106 cm³/mol. The minimum atomic E-state index is -1.76. The van der Waals surface area contributed by atoms with Crippen LogP contribution in [-0.4, -0.2) is 90.2 Å². The quantitative estimate of drug-likeness (QED) is 0.246. The molecule has 0 aliphatic carbocycles. The molecule has 1 fully saturated rings. The van der Waals surface area contributed by atoms with E-state index in [2.05, 4.69) is 0 Å². The van der Waals surface area contributed by atoms with Gasteiger partial charge in [0.1, 0.15) is 42.7 Å². The summed E-state index contributed by atoms with van der Waals surface area (Å²) < 4.78 is 15.8. The average molecular weight is 466 g/mol. The zero-order chi connectivity index (χ0) is 24.0. The Balaban J connectivity index is 1.57. The van der Waals surface area contributed by atoms with E-state index in [1.165, 1.54) is 12.1 Å². The summed E-state index contributed by atoms with van der Waals surface area (Å²) in [6.45, 7) is -0.423. The molecule has 2 aromatic carbocycles. The molecule has 12 heteroatoms. The van der Waals surface area contributed by atoms with Gasteiger partial charge in [0.2, 0.25) is 6.29 Å². The lowest BCUT2D eigenvalue weighted by molar-refractivity contribution is -0.285. The second-order valence-electron chi connectivity index (χ2n) is 7.77. The van der Waals surface area contributed by atoms with Crippen molar-refractivity contribution in [1.82, 2.24) is 0 Å². The zero-order valence-corrected chi connectivity index (χ0v) is 16.8. The number of carbonyl (C=O) groups excluding carboxylic acids is 1. The molecule has 2 aliphatic heterocycles. The Morgan fingerprint density at radius 3 is 2.24 bits per heavy atom. The highest BCUT2D eigenvalue weighted by Gasteiger charge is 2.43. The molecule has 7 atom stereocenters. The molecular weight excluding hydrogens is 444 g/mol. The lowest BCUT2D eigenvalue weighted by Crippen LogP contribution is -2.58. The van der Waals surface area contributed by atoms with E-state index in [1.807, 2.05) is 0 Å². The van der Waals surface area contributed by atoms with E-state index in [9.17, 15) is 45.6 Å². The largest absolute Gasteiger partial charge is 0.504 e. The maximum absolute atomic E-state index is 13.1. The first-order valence-corrected chi connectivity index (χ1v) is 9.86. The summed E-state index contributed by atoms with van der Waals surface area (Å²) >= 11 is 0. The molecule has 0 radical (unpaired) electrons. The molecule has 0 amide bonds. The molecule has 4 rings (SSSR count). The fourth-order valence-electron chi connectivity index (χ4n) is 3.76. The van der Waals surface area contributed by atoms with Crippen LogP contribution in [0.15, 0.2) is 30.3 Å². The number of aromatic hydroxyl groups is 3. The number of phenols is 3. The summed E-state index contributed by atoms with van der Waals surface area (Å²) in [5.41, 5.74) is 0.00740. The van der Waals surface area contributed by atoms with Crippen molar-refractivity contribution in [2.45, 2.75) is 42.9 Å². The number of fused-ring (bicyclic) bond motifs is 1. The average Bonchev–Trinajstić information content (AvgIpc) is 2.77. The number of benzene rings is 2. The van der Waals surface area contributed by atoms with Crippen LogP contribution in [0.1, 0.15) is 21.8 Å². The summed E-state index contributed by atoms with van der Waals surface area (Å²) in [5, 5.41) is 78.7. The molecule has 0 saturated carbocycles. The molecule has 33 heavy (non-hydrogen) atoms. The third-order valence-corrected chi connectivity index (χ3v) is 5.57. The number of rotatable bonds is 4. The molecule has 8 N–H and O–H groups in total. The van der Waals surface area contributed by atoms with Gasteiger partial charge in [0, 0.05) is 6.07 Å². The maximum Gasteiger partial charge on any atom is 0.212 e. The van der Waals surface area contributed by atoms with Crippen LogP contribution in [-0.2, 0) is 4.74 Å². The van der Waals surface area contributed by atoms with Crippen LogP contribution in [0.5, 0.6) is 28.7 Å². The van der Waals surface area contributed by atoms with Gasteiger partial charge in [-0.2, -0.15) is 0 Å². The van der Waals surface area contributed by atoms with Gasteiger partial charge in [-0.05, 0) is 23.8 Å². The van der Waals surface area contributed by atoms with Crippen molar-refractivity contribution in [3.63, 3.8) is 0 Å². The summed E-state index contributed by atoms with van der Waals surface area (Å²) in [6, 6.07) is 5.87. The Kier molecular flexibility index (Phi) is 6.05. The van der Waals surface area contributed by atoms with Crippen LogP contribution in [0.25, 0.3) is 0 Å². The lowest BCUT2D eigenvalue weighted by Gasteiger charge is -2.38. The van der Waals surface area contributed by atoms with Crippen LogP contribution < -0.4 is 9.47 Å². The zero-order valence-electron chi connectivity index (χ0n) is 16.8. The number of carbonyl (C=O) groups is 1. The Morgan fingerprint density at radius 2 is 1.55 bits per heavy atom. The summed E-state index contributed by atoms with van der Waals surface area (Å²) in [6.07, 6.45) is -9.65. The smallest absolute Gasteiger partial charge is 0.212 e. The van der Waals surface area contributed by atoms with Gasteiger partial charge in [-0.1, -0.05) is 6.07 Å². The highest BCUT2D eigenvalue weighted by atomic mass is 16.6. The molecule has 1 saturated heterocycles. The molecule has 0 spiro atoms. The van der Waals surface area contributed by atoms with E-state index in [0.717, 1.165) is 18.2 Å². The normalized spacial score (nSPS) is 31.5. The minimum Gasteiger partial charge on any atom is -0.504 e. The van der Waals surface area contributed by atoms with Crippen molar-refractivity contribution in [1.29, 1.82) is 0 Å². The second kappa shape index (κ2) is 8.67. The van der Waals surface area contributed by atoms with E-state index in [1.54, 1.807) is 0 Å². The van der Waals surface area contributed by atoms with Gasteiger partial charge < -0.3 is 55.1 Å². The monoisotopic (exact) mass is 466 g/mol. The third-order valence-electron chi connectivity index (χ3n) is 5.57. The van der Waals surface area contributed by atoms with E-state index in [0.29, 0.717) is 0 Å². The van der Waals surface area contributed by atoms with Crippen LogP contribution >= 0.6 is 0 Å². The molecule has 2 aliphatic rings. The minimum absolute atomic E-state index is 0.0576. The van der Waals surface area contributed by atoms with E-state index in [4.69, 9.17) is 14.2 Å². The highest BCUT2D eigenvalue weighted by Crippen LogP contribution is 2.44. The van der Waals surface area contributed by atoms with Crippen LogP contribution in [0.3, 0.4) is 0 Å². The van der Waals surface area contributed by atoms with Crippen LogP contribution in [0.4, 0.5) is 0 Å². The standard InChI is InChI=1S/C21H22O12/c22-10-2-1-7(3-11(10)23)14-15(25)9-4-8(5-12(24)19(9)33-20(14)29)31-6-13-16(26)17(27)18(28)21(30)32-13/h1-5,13-14,16-18,20-24,26-30H,6H2. The maximum atomic E-state index is 13.1. The molecule has 178 valence electrons. The van der Waals surface area contributed by atoms with Crippen LogP contribution in [0, 0.1) is 0 Å². The van der Waals surface area contributed by atoms with Crippen molar-refractivity contribution >= 4 is 5.78 Å². The van der Waals surface area contributed by atoms with Crippen molar-refractivity contribution < 1.29 is 59.9 Å². The predicted octanol–water partition coefficient (Wildman–Crippen LogP) is -1.34. The highest BCUT2D eigenvalue weighted by molar-refractivity contribution is 6.05. The van der Waals surface area contributed by atoms with E-state index < -0.39 is 72.6 Å². The van der Waals surface area contributed by atoms with E-state index >= 15 is 0 Å². The summed E-state index contributed by atoms with van der Waals surface area (Å²) in [7, 11) is 0. The van der Waals surface area contributed by atoms with Gasteiger partial charge in [-0.15, -0.1) is 0 Å². The van der Waals surface area contributed by atoms with E-state index in [-0.39, 0.29) is 22.6 Å². The molecule has 0 aromatic heterocycles. The van der Waals surface area contributed by atoms with Crippen LogP contribution in [0.2, 0.25) is 0 Å². The molecule has 7 unspecified atom stereocenters. The van der Waals surface area contributed by atoms with Gasteiger partial charge in [0.25, 0.3) is 0 Å². The van der Waals surface area contributed by atoms with Gasteiger partial charge in [0.05, 0.1) is 5.56 Å². The number of ether oxygens (including phenoxy) is 3. The number of aliphatic hydroxyl groups excluding tert-OH is 5. The number of phenolic OH excluding ortho intramolecular Hbond substituents is 3. The number of hydrogen-bond acceptors (Lipinski definition) is 12. The Bertz CT molecular complexity index is 1060. The van der Waals surface area contributed by atoms with Crippen molar-refractivity contribution in [3.05, 3.63) is 41.5 Å². The fraction of sp³-hybridized carbons (Fsp3) is 0.381. The number of aliphatic hydroxyl groups is 5. The molecule has 2 heterocycles. The SMILES string of the molecule is O=C1c2cc(OCC3OC(O)C(O)C(O)C3O)cc(O)c2OC(O)C1c1ccc(O)c(O)c1. The van der Waals surface area contributed by atoms with Gasteiger partial charge >= 0.3 is 0 Å². The summed E-state index contributed by atoms with van der Waals surface area (Å²) in [5.74, 6) is -3.74.